The van der Waals surface area contributed by atoms with E-state index in [2.05, 4.69) is 0 Å². The summed E-state index contributed by atoms with van der Waals surface area (Å²) in [4.78, 5) is 43.2. The number of benzene rings is 1. The van der Waals surface area contributed by atoms with Gasteiger partial charge in [-0.15, -0.1) is 11.3 Å². The number of ether oxygens (including phenoxy) is 1. The number of piperazine rings is 1. The van der Waals surface area contributed by atoms with Crippen molar-refractivity contribution in [1.29, 1.82) is 0 Å². The molecule has 1 aliphatic heterocycles. The van der Waals surface area contributed by atoms with Crippen molar-refractivity contribution in [2.75, 3.05) is 37.7 Å². The van der Waals surface area contributed by atoms with Gasteiger partial charge in [0.25, 0.3) is 11.5 Å². The number of aryl methyl sites for hydroxylation is 2. The lowest BCUT2D eigenvalue weighted by molar-refractivity contribution is 0.0523. The Morgan fingerprint density at radius 2 is 1.87 bits per heavy atom. The third-order valence-electron chi connectivity index (χ3n) is 5.62. The van der Waals surface area contributed by atoms with Crippen molar-refractivity contribution in [2.45, 2.75) is 13.8 Å². The molecule has 0 N–H and O–H groups in total. The van der Waals surface area contributed by atoms with Gasteiger partial charge in [0.1, 0.15) is 5.56 Å². The zero-order valence-corrected chi connectivity index (χ0v) is 18.7. The first-order chi connectivity index (χ1) is 14.9. The van der Waals surface area contributed by atoms with Crippen LogP contribution in [0.2, 0.25) is 0 Å². The summed E-state index contributed by atoms with van der Waals surface area (Å²) in [6.07, 6.45) is 0. The Kier molecular flexibility index (Phi) is 5.82. The fourth-order valence-corrected chi connectivity index (χ4v) is 4.74. The molecule has 0 atom stereocenters. The van der Waals surface area contributed by atoms with E-state index >= 15 is 0 Å². The van der Waals surface area contributed by atoms with Crippen molar-refractivity contribution in [3.63, 3.8) is 0 Å². The quantitative estimate of drug-likeness (QED) is 0.585. The number of esters is 1. The summed E-state index contributed by atoms with van der Waals surface area (Å²) >= 11 is 1.43. The molecular formula is C23H25N3O4S. The second-order valence-electron chi connectivity index (χ2n) is 7.59. The van der Waals surface area contributed by atoms with E-state index in [-0.39, 0.29) is 23.6 Å². The van der Waals surface area contributed by atoms with Gasteiger partial charge in [0.2, 0.25) is 0 Å². The first kappa shape index (κ1) is 21.1. The van der Waals surface area contributed by atoms with Gasteiger partial charge < -0.3 is 19.1 Å². The second kappa shape index (κ2) is 8.55. The number of amides is 1. The summed E-state index contributed by atoms with van der Waals surface area (Å²) in [5.74, 6) is -0.594. The summed E-state index contributed by atoms with van der Waals surface area (Å²) < 4.78 is 6.74. The van der Waals surface area contributed by atoms with Crippen molar-refractivity contribution in [3.05, 3.63) is 62.1 Å². The van der Waals surface area contributed by atoms with Crippen molar-refractivity contribution < 1.29 is 14.3 Å². The van der Waals surface area contributed by atoms with Gasteiger partial charge >= 0.3 is 5.97 Å². The largest absolute Gasteiger partial charge is 0.462 e. The molecule has 0 radical (unpaired) electrons. The second-order valence-corrected chi connectivity index (χ2v) is 8.53. The fourth-order valence-electron chi connectivity index (χ4n) is 4.05. The average Bonchev–Trinajstić information content (AvgIpc) is 3.30. The van der Waals surface area contributed by atoms with E-state index in [4.69, 9.17) is 4.74 Å². The number of thiophene rings is 1. The lowest BCUT2D eigenvalue weighted by Gasteiger charge is -2.37. The summed E-state index contributed by atoms with van der Waals surface area (Å²) in [6, 6.07) is 9.55. The number of hydrogen-bond donors (Lipinski definition) is 0. The highest BCUT2D eigenvalue weighted by Gasteiger charge is 2.30. The van der Waals surface area contributed by atoms with Gasteiger partial charge in [-0.2, -0.15) is 0 Å². The van der Waals surface area contributed by atoms with Crippen LogP contribution < -0.4 is 10.5 Å². The van der Waals surface area contributed by atoms with E-state index in [9.17, 15) is 14.4 Å². The normalized spacial score (nSPS) is 14.2. The summed E-state index contributed by atoms with van der Waals surface area (Å²) in [5.41, 5.74) is 2.08. The summed E-state index contributed by atoms with van der Waals surface area (Å²) in [7, 11) is 1.67. The van der Waals surface area contributed by atoms with Crippen LogP contribution >= 0.6 is 11.3 Å². The van der Waals surface area contributed by atoms with Crippen LogP contribution in [0.25, 0.3) is 10.9 Å². The topological polar surface area (TPSA) is 71.8 Å². The Morgan fingerprint density at radius 3 is 2.52 bits per heavy atom. The van der Waals surface area contributed by atoms with Crippen molar-refractivity contribution in [1.82, 2.24) is 9.47 Å². The number of fused-ring (bicyclic) bond motifs is 1. The minimum atomic E-state index is -0.612. The number of hydrogen-bond acceptors (Lipinski definition) is 6. The first-order valence-electron chi connectivity index (χ1n) is 10.3. The highest BCUT2D eigenvalue weighted by molar-refractivity contribution is 7.12. The van der Waals surface area contributed by atoms with E-state index in [1.165, 1.54) is 15.9 Å². The zero-order valence-electron chi connectivity index (χ0n) is 17.9. The molecule has 3 heterocycles. The lowest BCUT2D eigenvalue weighted by Crippen LogP contribution is -2.49. The zero-order chi connectivity index (χ0) is 22.1. The standard InChI is InChI=1S/C23H25N3O4S/c1-4-30-23(29)19-20(16-14-15(2)7-8-17(16)24(3)22(19)28)25-9-11-26(12-10-25)21(27)18-6-5-13-31-18/h5-8,13-14H,4,9-12H2,1-3H3. The van der Waals surface area contributed by atoms with E-state index in [1.807, 2.05) is 52.4 Å². The monoisotopic (exact) mass is 439 g/mol. The third-order valence-corrected chi connectivity index (χ3v) is 6.48. The third kappa shape index (κ3) is 3.83. The van der Waals surface area contributed by atoms with Gasteiger partial charge in [-0.25, -0.2) is 4.79 Å². The summed E-state index contributed by atoms with van der Waals surface area (Å²) in [6.45, 7) is 5.98. The van der Waals surface area contributed by atoms with Crippen LogP contribution in [0.4, 0.5) is 5.69 Å². The average molecular weight is 440 g/mol. The molecule has 1 fully saturated rings. The molecule has 1 aliphatic rings. The Morgan fingerprint density at radius 1 is 1.13 bits per heavy atom. The van der Waals surface area contributed by atoms with Crippen LogP contribution in [-0.4, -0.2) is 54.1 Å². The molecule has 1 aromatic carbocycles. The molecule has 4 rings (SSSR count). The highest BCUT2D eigenvalue weighted by Crippen LogP contribution is 2.31. The lowest BCUT2D eigenvalue weighted by atomic mass is 10.0. The van der Waals surface area contributed by atoms with Crippen LogP contribution in [0.1, 0.15) is 32.5 Å². The van der Waals surface area contributed by atoms with Crippen LogP contribution in [0.15, 0.2) is 40.5 Å². The summed E-state index contributed by atoms with van der Waals surface area (Å²) in [5, 5.41) is 2.73. The molecule has 162 valence electrons. The molecule has 0 aliphatic carbocycles. The first-order valence-corrected chi connectivity index (χ1v) is 11.2. The van der Waals surface area contributed by atoms with Crippen LogP contribution in [0.5, 0.6) is 0 Å². The fraction of sp³-hybridized carbons (Fsp3) is 0.348. The van der Waals surface area contributed by atoms with E-state index in [0.29, 0.717) is 31.9 Å². The van der Waals surface area contributed by atoms with Crippen LogP contribution in [0.3, 0.4) is 0 Å². The molecule has 1 saturated heterocycles. The van der Waals surface area contributed by atoms with Crippen LogP contribution in [-0.2, 0) is 11.8 Å². The predicted molar refractivity (Wildman–Crippen MR) is 122 cm³/mol. The molecule has 8 heteroatoms. The van der Waals surface area contributed by atoms with Gasteiger partial charge in [-0.05, 0) is 37.4 Å². The van der Waals surface area contributed by atoms with E-state index in [1.54, 1.807) is 14.0 Å². The number of anilines is 1. The highest BCUT2D eigenvalue weighted by atomic mass is 32.1. The number of rotatable bonds is 4. The number of pyridine rings is 1. The molecule has 0 unspecified atom stereocenters. The molecule has 0 saturated carbocycles. The molecule has 2 aromatic heterocycles. The van der Waals surface area contributed by atoms with Gasteiger partial charge in [0, 0.05) is 38.6 Å². The molecule has 0 spiro atoms. The van der Waals surface area contributed by atoms with Gasteiger partial charge in [-0.3, -0.25) is 9.59 Å². The maximum absolute atomic E-state index is 13.1. The molecule has 1 amide bonds. The molecule has 3 aromatic rings. The number of nitrogens with zero attached hydrogens (tertiary/aromatic N) is 3. The predicted octanol–water partition coefficient (Wildman–Crippen LogP) is 3.05. The van der Waals surface area contributed by atoms with Crippen LogP contribution in [0, 0.1) is 6.92 Å². The minimum Gasteiger partial charge on any atom is -0.462 e. The number of carbonyl (C=O) groups excluding carboxylic acids is 2. The maximum atomic E-state index is 13.1. The Hall–Kier alpha value is -3.13. The SMILES string of the molecule is CCOC(=O)c1c(N2CCN(C(=O)c3cccs3)CC2)c2cc(C)ccc2n(C)c1=O. The molecule has 7 nitrogen and oxygen atoms in total. The van der Waals surface area contributed by atoms with Crippen molar-refractivity contribution >= 4 is 39.8 Å². The van der Waals surface area contributed by atoms with Crippen molar-refractivity contribution in [2.24, 2.45) is 7.05 Å². The Bertz CT molecular complexity index is 1190. The smallest absolute Gasteiger partial charge is 0.345 e. The molecule has 31 heavy (non-hydrogen) atoms. The molecular weight excluding hydrogens is 414 g/mol. The maximum Gasteiger partial charge on any atom is 0.345 e. The van der Waals surface area contributed by atoms with E-state index < -0.39 is 5.97 Å². The van der Waals surface area contributed by atoms with Gasteiger partial charge in [0.05, 0.1) is 22.7 Å². The minimum absolute atomic E-state index is 0.0185. The molecule has 0 bridgehead atoms. The number of carbonyl (C=O) groups is 2. The Labute approximate surface area is 184 Å². The number of aromatic nitrogens is 1. The van der Waals surface area contributed by atoms with Crippen molar-refractivity contribution in [3.8, 4) is 0 Å². The Balaban J connectivity index is 1.76. The van der Waals surface area contributed by atoms with Gasteiger partial charge in [0.15, 0.2) is 0 Å². The van der Waals surface area contributed by atoms with Gasteiger partial charge in [-0.1, -0.05) is 17.7 Å². The van der Waals surface area contributed by atoms with E-state index in [0.717, 1.165) is 21.3 Å².